The molecule has 15 heavy (non-hydrogen) atoms. The molecule has 74 valence electrons. The Hall–Kier alpha value is -2.02. The summed E-state index contributed by atoms with van der Waals surface area (Å²) < 4.78 is 5.07. The highest BCUT2D eigenvalue weighted by Crippen LogP contribution is 2.51. The van der Waals surface area contributed by atoms with Gasteiger partial charge in [-0.3, -0.25) is 0 Å². The van der Waals surface area contributed by atoms with Crippen molar-refractivity contribution in [1.29, 1.82) is 5.26 Å². The molecule has 1 aromatic carbocycles. The summed E-state index contributed by atoms with van der Waals surface area (Å²) in [5, 5.41) is 19.0. The Bertz CT molecular complexity index is 576. The Morgan fingerprint density at radius 1 is 1.47 bits per heavy atom. The van der Waals surface area contributed by atoms with Crippen molar-refractivity contribution in [3.8, 4) is 11.8 Å². The molecular weight excluding hydrogens is 192 g/mol. The van der Waals surface area contributed by atoms with E-state index in [2.05, 4.69) is 11.1 Å². The van der Waals surface area contributed by atoms with Gasteiger partial charge >= 0.3 is 0 Å². The van der Waals surface area contributed by atoms with Gasteiger partial charge in [-0.1, -0.05) is 0 Å². The average Bonchev–Trinajstić information content (AvgIpc) is 2.89. The van der Waals surface area contributed by atoms with E-state index in [1.165, 1.54) is 6.39 Å². The van der Waals surface area contributed by atoms with E-state index < -0.39 is 5.41 Å². The van der Waals surface area contributed by atoms with E-state index in [0.29, 0.717) is 16.7 Å². The van der Waals surface area contributed by atoms with Crippen LogP contribution in [-0.4, -0.2) is 10.1 Å². The summed E-state index contributed by atoms with van der Waals surface area (Å²) in [4.78, 5) is 3.93. The second-order valence-electron chi connectivity index (χ2n) is 3.85. The van der Waals surface area contributed by atoms with Crippen molar-refractivity contribution in [2.75, 3.05) is 0 Å². The van der Waals surface area contributed by atoms with Crippen LogP contribution < -0.4 is 0 Å². The van der Waals surface area contributed by atoms with Gasteiger partial charge in [0.2, 0.25) is 0 Å². The molecule has 0 spiro atoms. The van der Waals surface area contributed by atoms with Crippen LogP contribution in [0.2, 0.25) is 0 Å². The molecule has 0 bridgehead atoms. The quantitative estimate of drug-likeness (QED) is 0.765. The van der Waals surface area contributed by atoms with Crippen LogP contribution in [0, 0.1) is 11.3 Å². The fourth-order valence-electron chi connectivity index (χ4n) is 1.87. The molecule has 0 amide bonds. The number of hydrogen-bond donors (Lipinski definition) is 1. The second-order valence-corrected chi connectivity index (χ2v) is 3.85. The van der Waals surface area contributed by atoms with Gasteiger partial charge in [0.05, 0.1) is 11.5 Å². The third kappa shape index (κ3) is 0.975. The summed E-state index contributed by atoms with van der Waals surface area (Å²) in [6.07, 6.45) is 2.90. The lowest BCUT2D eigenvalue weighted by atomic mass is 9.96. The minimum atomic E-state index is -0.489. The Morgan fingerprint density at radius 2 is 2.27 bits per heavy atom. The van der Waals surface area contributed by atoms with Gasteiger partial charge in [-0.15, -0.1) is 0 Å². The number of phenols is 1. The first-order valence-electron chi connectivity index (χ1n) is 4.74. The first-order valence-corrected chi connectivity index (χ1v) is 4.74. The van der Waals surface area contributed by atoms with Crippen LogP contribution in [0.5, 0.6) is 5.75 Å². The zero-order valence-electron chi connectivity index (χ0n) is 7.90. The summed E-state index contributed by atoms with van der Waals surface area (Å²) in [6.45, 7) is 0. The second kappa shape index (κ2) is 2.51. The van der Waals surface area contributed by atoms with Crippen molar-refractivity contribution in [2.45, 2.75) is 18.3 Å². The molecule has 1 fully saturated rings. The van der Waals surface area contributed by atoms with Crippen LogP contribution in [0.3, 0.4) is 0 Å². The van der Waals surface area contributed by atoms with E-state index in [4.69, 9.17) is 9.68 Å². The number of nitriles is 1. The fraction of sp³-hybridized carbons (Fsp3) is 0.273. The normalized spacial score (nSPS) is 17.5. The molecule has 1 N–H and O–H groups in total. The summed E-state index contributed by atoms with van der Waals surface area (Å²) in [5.41, 5.74) is 1.17. The van der Waals surface area contributed by atoms with Gasteiger partial charge < -0.3 is 9.52 Å². The van der Waals surface area contributed by atoms with Gasteiger partial charge in [-0.25, -0.2) is 4.98 Å². The fourth-order valence-corrected chi connectivity index (χ4v) is 1.87. The average molecular weight is 200 g/mol. The minimum absolute atomic E-state index is 0.0836. The number of phenolic OH excluding ortho intramolecular Hbond substituents is 1. The molecule has 0 saturated heterocycles. The van der Waals surface area contributed by atoms with Crippen LogP contribution >= 0.6 is 0 Å². The van der Waals surface area contributed by atoms with Crippen molar-refractivity contribution in [3.05, 3.63) is 24.1 Å². The van der Waals surface area contributed by atoms with Gasteiger partial charge in [0.15, 0.2) is 17.5 Å². The van der Waals surface area contributed by atoms with Gasteiger partial charge in [0.25, 0.3) is 0 Å². The van der Waals surface area contributed by atoms with Crippen molar-refractivity contribution < 1.29 is 9.52 Å². The molecule has 3 rings (SSSR count). The maximum atomic E-state index is 9.97. The van der Waals surface area contributed by atoms with Crippen molar-refractivity contribution in [1.82, 2.24) is 4.98 Å². The van der Waals surface area contributed by atoms with Crippen molar-refractivity contribution in [3.63, 3.8) is 0 Å². The van der Waals surface area contributed by atoms with Crippen LogP contribution in [0.1, 0.15) is 18.4 Å². The third-order valence-electron chi connectivity index (χ3n) is 2.96. The predicted octanol–water partition coefficient (Wildman–Crippen LogP) is 2.09. The SMILES string of the molecule is N#CC1(c2ccc3ocnc3c2O)CC1. The smallest absolute Gasteiger partial charge is 0.182 e. The van der Waals surface area contributed by atoms with E-state index in [1.54, 1.807) is 12.1 Å². The molecule has 1 saturated carbocycles. The highest BCUT2D eigenvalue weighted by Gasteiger charge is 2.47. The van der Waals surface area contributed by atoms with Crippen molar-refractivity contribution >= 4 is 11.1 Å². The number of oxazole rings is 1. The van der Waals surface area contributed by atoms with Gasteiger partial charge in [-0.2, -0.15) is 5.26 Å². The molecule has 0 unspecified atom stereocenters. The third-order valence-corrected chi connectivity index (χ3v) is 2.96. The molecule has 0 aliphatic heterocycles. The van der Waals surface area contributed by atoms with Crippen molar-refractivity contribution in [2.24, 2.45) is 0 Å². The van der Waals surface area contributed by atoms with Gasteiger partial charge in [0.1, 0.15) is 5.75 Å². The predicted molar refractivity (Wildman–Crippen MR) is 52.2 cm³/mol. The number of nitrogens with zero attached hydrogens (tertiary/aromatic N) is 2. The molecule has 0 atom stereocenters. The van der Waals surface area contributed by atoms with E-state index in [9.17, 15) is 5.11 Å². The summed E-state index contributed by atoms with van der Waals surface area (Å²) >= 11 is 0. The Morgan fingerprint density at radius 3 is 2.93 bits per heavy atom. The Balaban J connectivity index is 2.29. The number of aromatic nitrogens is 1. The highest BCUT2D eigenvalue weighted by atomic mass is 16.3. The van der Waals surface area contributed by atoms with E-state index in [1.807, 2.05) is 0 Å². The molecule has 1 heterocycles. The van der Waals surface area contributed by atoms with Crippen LogP contribution in [-0.2, 0) is 5.41 Å². The molecule has 1 aliphatic carbocycles. The lowest BCUT2D eigenvalue weighted by molar-refractivity contribution is 0.470. The number of hydrogen-bond acceptors (Lipinski definition) is 4. The van der Waals surface area contributed by atoms with Gasteiger partial charge in [-0.05, 0) is 25.0 Å². The highest BCUT2D eigenvalue weighted by molar-refractivity contribution is 5.82. The van der Waals surface area contributed by atoms with E-state index >= 15 is 0 Å². The maximum Gasteiger partial charge on any atom is 0.182 e. The maximum absolute atomic E-state index is 9.97. The Kier molecular flexibility index (Phi) is 1.39. The largest absolute Gasteiger partial charge is 0.505 e. The Labute approximate surface area is 85.8 Å². The van der Waals surface area contributed by atoms with E-state index in [-0.39, 0.29) is 5.75 Å². The lowest BCUT2D eigenvalue weighted by Gasteiger charge is -2.07. The van der Waals surface area contributed by atoms with Crippen LogP contribution in [0.15, 0.2) is 22.9 Å². The molecule has 4 heteroatoms. The summed E-state index contributed by atoms with van der Waals surface area (Å²) in [7, 11) is 0. The summed E-state index contributed by atoms with van der Waals surface area (Å²) in [6, 6.07) is 5.74. The topological polar surface area (TPSA) is 70.0 Å². The molecule has 1 aliphatic rings. The number of fused-ring (bicyclic) bond motifs is 1. The molecule has 2 aromatic rings. The van der Waals surface area contributed by atoms with Crippen LogP contribution in [0.25, 0.3) is 11.1 Å². The molecule has 0 radical (unpaired) electrons. The monoisotopic (exact) mass is 200 g/mol. The zero-order valence-corrected chi connectivity index (χ0v) is 7.90. The molecule has 1 aromatic heterocycles. The lowest BCUT2D eigenvalue weighted by Crippen LogP contribution is -2.02. The standard InChI is InChI=1S/C11H8N2O2/c12-5-11(3-4-11)7-1-2-8-9(10(7)14)13-6-15-8/h1-2,6,14H,3-4H2. The number of benzene rings is 1. The number of aromatic hydroxyl groups is 1. The number of rotatable bonds is 1. The minimum Gasteiger partial charge on any atom is -0.505 e. The molecule has 4 nitrogen and oxygen atoms in total. The van der Waals surface area contributed by atoms with Crippen LogP contribution in [0.4, 0.5) is 0 Å². The van der Waals surface area contributed by atoms with Gasteiger partial charge in [0, 0.05) is 5.56 Å². The van der Waals surface area contributed by atoms with E-state index in [0.717, 1.165) is 12.8 Å². The first kappa shape index (κ1) is 8.30. The molecular formula is C11H8N2O2. The first-order chi connectivity index (χ1) is 7.27. The summed E-state index contributed by atoms with van der Waals surface area (Å²) in [5.74, 6) is 0.0836. The zero-order chi connectivity index (χ0) is 10.5.